The first-order chi connectivity index (χ1) is 8.04. The summed E-state index contributed by atoms with van der Waals surface area (Å²) in [5, 5.41) is 11.2. The Morgan fingerprint density at radius 3 is 2.71 bits per heavy atom. The molecule has 5 nitrogen and oxygen atoms in total. The van der Waals surface area contributed by atoms with E-state index in [0.29, 0.717) is 5.92 Å². The highest BCUT2D eigenvalue weighted by atomic mass is 16.4. The predicted molar refractivity (Wildman–Crippen MR) is 64.8 cm³/mol. The van der Waals surface area contributed by atoms with Gasteiger partial charge in [0.25, 0.3) is 0 Å². The molecule has 2 amide bonds. The molecular formula is C12H22N2O3. The first kappa shape index (κ1) is 13.8. The Bertz CT molecular complexity index is 281. The lowest BCUT2D eigenvalue weighted by molar-refractivity contribution is -0.136. The lowest BCUT2D eigenvalue weighted by Gasteiger charge is -2.37. The molecule has 1 fully saturated rings. The minimum absolute atomic E-state index is 0.0227. The van der Waals surface area contributed by atoms with E-state index in [1.54, 1.807) is 0 Å². The van der Waals surface area contributed by atoms with Crippen LogP contribution in [0.2, 0.25) is 0 Å². The molecule has 1 aliphatic rings. The normalized spacial score (nSPS) is 24.5. The molecule has 17 heavy (non-hydrogen) atoms. The van der Waals surface area contributed by atoms with Crippen LogP contribution in [-0.2, 0) is 4.79 Å². The number of rotatable bonds is 4. The number of hydrogen-bond acceptors (Lipinski definition) is 2. The van der Waals surface area contributed by atoms with Crippen LogP contribution in [0, 0.1) is 5.92 Å². The Kier molecular flexibility index (Phi) is 5.25. The van der Waals surface area contributed by atoms with E-state index in [-0.39, 0.29) is 25.0 Å². The first-order valence-corrected chi connectivity index (χ1v) is 6.30. The quantitative estimate of drug-likeness (QED) is 0.788. The standard InChI is InChI=1S/C12H22N2O3/c1-3-10-5-4-9(2)14(8-10)12(17)13-7-6-11(15)16/h9-10H,3-8H2,1-2H3,(H,13,17)(H,15,16)/t9-,10+/m0/s1. The summed E-state index contributed by atoms with van der Waals surface area (Å²) in [5.41, 5.74) is 0. The van der Waals surface area contributed by atoms with Crippen LogP contribution in [0.1, 0.15) is 39.5 Å². The highest BCUT2D eigenvalue weighted by Crippen LogP contribution is 2.23. The number of carbonyl (C=O) groups excluding carboxylic acids is 1. The molecule has 5 heteroatoms. The maximum Gasteiger partial charge on any atom is 0.317 e. The summed E-state index contributed by atoms with van der Waals surface area (Å²) in [6.45, 7) is 5.18. The Morgan fingerprint density at radius 1 is 1.41 bits per heavy atom. The molecule has 1 heterocycles. The average molecular weight is 242 g/mol. The number of carbonyl (C=O) groups is 2. The van der Waals surface area contributed by atoms with E-state index >= 15 is 0 Å². The molecule has 0 radical (unpaired) electrons. The van der Waals surface area contributed by atoms with Crippen molar-refractivity contribution in [3.05, 3.63) is 0 Å². The van der Waals surface area contributed by atoms with E-state index in [2.05, 4.69) is 12.2 Å². The summed E-state index contributed by atoms with van der Waals surface area (Å²) in [4.78, 5) is 24.1. The third-order valence-corrected chi connectivity index (χ3v) is 3.43. The van der Waals surface area contributed by atoms with E-state index in [9.17, 15) is 9.59 Å². The lowest BCUT2D eigenvalue weighted by Crippen LogP contribution is -2.50. The third kappa shape index (κ3) is 4.24. The van der Waals surface area contributed by atoms with Gasteiger partial charge in [-0.05, 0) is 25.7 Å². The van der Waals surface area contributed by atoms with E-state index < -0.39 is 5.97 Å². The molecular weight excluding hydrogens is 220 g/mol. The van der Waals surface area contributed by atoms with Crippen LogP contribution < -0.4 is 5.32 Å². The molecule has 0 aromatic heterocycles. The van der Waals surface area contributed by atoms with Crippen LogP contribution in [0.25, 0.3) is 0 Å². The van der Waals surface area contributed by atoms with Crippen molar-refractivity contribution in [1.82, 2.24) is 10.2 Å². The van der Waals surface area contributed by atoms with Crippen molar-refractivity contribution in [2.75, 3.05) is 13.1 Å². The second-order valence-electron chi connectivity index (χ2n) is 4.73. The minimum Gasteiger partial charge on any atom is -0.481 e. The number of piperidine rings is 1. The summed E-state index contributed by atoms with van der Waals surface area (Å²) >= 11 is 0. The van der Waals surface area contributed by atoms with Crippen LogP contribution in [0.15, 0.2) is 0 Å². The Morgan fingerprint density at radius 2 is 2.12 bits per heavy atom. The largest absolute Gasteiger partial charge is 0.481 e. The van der Waals surface area contributed by atoms with Crippen molar-refractivity contribution in [1.29, 1.82) is 0 Å². The van der Waals surface area contributed by atoms with E-state index in [0.717, 1.165) is 19.4 Å². The Hall–Kier alpha value is -1.26. The molecule has 0 aromatic carbocycles. The van der Waals surface area contributed by atoms with Crippen molar-refractivity contribution in [3.63, 3.8) is 0 Å². The third-order valence-electron chi connectivity index (χ3n) is 3.43. The molecule has 98 valence electrons. The summed E-state index contributed by atoms with van der Waals surface area (Å²) in [5.74, 6) is -0.306. The van der Waals surface area contributed by atoms with E-state index in [4.69, 9.17) is 5.11 Å². The molecule has 2 atom stereocenters. The van der Waals surface area contributed by atoms with Gasteiger partial charge in [0.05, 0.1) is 6.42 Å². The van der Waals surface area contributed by atoms with Gasteiger partial charge in [-0.3, -0.25) is 4.79 Å². The molecule has 1 aliphatic heterocycles. The van der Waals surface area contributed by atoms with Gasteiger partial charge in [-0.2, -0.15) is 0 Å². The van der Waals surface area contributed by atoms with Crippen molar-refractivity contribution in [2.24, 2.45) is 5.92 Å². The number of urea groups is 1. The van der Waals surface area contributed by atoms with Crippen LogP contribution in [0.3, 0.4) is 0 Å². The second-order valence-corrected chi connectivity index (χ2v) is 4.73. The monoisotopic (exact) mass is 242 g/mol. The summed E-state index contributed by atoms with van der Waals surface area (Å²) in [6, 6.07) is 0.125. The number of nitrogens with one attached hydrogen (secondary N) is 1. The van der Waals surface area contributed by atoms with Gasteiger partial charge >= 0.3 is 12.0 Å². The summed E-state index contributed by atoms with van der Waals surface area (Å²) < 4.78 is 0. The molecule has 1 saturated heterocycles. The number of hydrogen-bond donors (Lipinski definition) is 2. The highest BCUT2D eigenvalue weighted by Gasteiger charge is 2.27. The maximum atomic E-state index is 11.9. The number of amides is 2. The molecule has 0 saturated carbocycles. The van der Waals surface area contributed by atoms with Crippen LogP contribution in [-0.4, -0.2) is 41.1 Å². The lowest BCUT2D eigenvalue weighted by atomic mass is 9.92. The fourth-order valence-corrected chi connectivity index (χ4v) is 2.18. The van der Waals surface area contributed by atoms with Crippen LogP contribution in [0.4, 0.5) is 4.79 Å². The zero-order valence-electron chi connectivity index (χ0n) is 10.6. The van der Waals surface area contributed by atoms with Crippen molar-refractivity contribution >= 4 is 12.0 Å². The van der Waals surface area contributed by atoms with Gasteiger partial charge in [-0.1, -0.05) is 13.3 Å². The van der Waals surface area contributed by atoms with E-state index in [1.165, 1.54) is 6.42 Å². The number of likely N-dealkylation sites (tertiary alicyclic amines) is 1. The molecule has 0 spiro atoms. The topological polar surface area (TPSA) is 69.6 Å². The zero-order chi connectivity index (χ0) is 12.8. The predicted octanol–water partition coefficient (Wildman–Crippen LogP) is 1.68. The van der Waals surface area contributed by atoms with Crippen molar-refractivity contribution in [3.8, 4) is 0 Å². The number of carboxylic acids is 1. The van der Waals surface area contributed by atoms with Gasteiger partial charge in [0, 0.05) is 19.1 Å². The van der Waals surface area contributed by atoms with Gasteiger partial charge in [-0.15, -0.1) is 0 Å². The maximum absolute atomic E-state index is 11.9. The van der Waals surface area contributed by atoms with Crippen LogP contribution >= 0.6 is 0 Å². The van der Waals surface area contributed by atoms with Gasteiger partial charge < -0.3 is 15.3 Å². The SMILES string of the molecule is CC[C@@H]1CC[C@H](C)N(C(=O)NCCC(=O)O)C1. The first-order valence-electron chi connectivity index (χ1n) is 6.30. The molecule has 2 N–H and O–H groups in total. The molecule has 0 bridgehead atoms. The molecule has 0 unspecified atom stereocenters. The minimum atomic E-state index is -0.886. The number of nitrogens with zero attached hydrogens (tertiary/aromatic N) is 1. The zero-order valence-corrected chi connectivity index (χ0v) is 10.6. The molecule has 0 aliphatic carbocycles. The second kappa shape index (κ2) is 6.47. The number of aliphatic carboxylic acids is 1. The molecule has 0 aromatic rings. The van der Waals surface area contributed by atoms with Gasteiger partial charge in [0.2, 0.25) is 0 Å². The smallest absolute Gasteiger partial charge is 0.317 e. The van der Waals surface area contributed by atoms with E-state index in [1.807, 2.05) is 11.8 Å². The molecule has 1 rings (SSSR count). The fraction of sp³-hybridized carbons (Fsp3) is 0.833. The highest BCUT2D eigenvalue weighted by molar-refractivity contribution is 5.75. The average Bonchev–Trinajstić information content (AvgIpc) is 2.29. The van der Waals surface area contributed by atoms with Gasteiger partial charge in [-0.25, -0.2) is 4.79 Å². The van der Waals surface area contributed by atoms with Crippen LogP contribution in [0.5, 0.6) is 0 Å². The summed E-state index contributed by atoms with van der Waals surface area (Å²) in [7, 11) is 0. The Balaban J connectivity index is 2.40. The van der Waals surface area contributed by atoms with Gasteiger partial charge in [0.1, 0.15) is 0 Å². The number of carboxylic acid groups (broad SMARTS) is 1. The van der Waals surface area contributed by atoms with Crippen molar-refractivity contribution in [2.45, 2.75) is 45.6 Å². The fourth-order valence-electron chi connectivity index (χ4n) is 2.18. The summed E-state index contributed by atoms with van der Waals surface area (Å²) in [6.07, 6.45) is 3.28. The van der Waals surface area contributed by atoms with Crippen molar-refractivity contribution < 1.29 is 14.7 Å². The Labute approximate surface area is 102 Å². The van der Waals surface area contributed by atoms with Gasteiger partial charge in [0.15, 0.2) is 0 Å².